The lowest BCUT2D eigenvalue weighted by molar-refractivity contribution is 0.608. The molecule has 0 aliphatic heterocycles. The maximum Gasteiger partial charge on any atom is 0.249 e. The van der Waals surface area contributed by atoms with Crippen molar-refractivity contribution in [3.63, 3.8) is 0 Å². The van der Waals surface area contributed by atoms with E-state index in [0.29, 0.717) is 6.42 Å². The van der Waals surface area contributed by atoms with Gasteiger partial charge in [0.05, 0.1) is 0 Å². The molecule has 0 aromatic heterocycles. The molecule has 2 N–H and O–H groups in total. The van der Waals surface area contributed by atoms with Gasteiger partial charge in [-0.2, -0.15) is 8.42 Å². The Kier molecular flexibility index (Phi) is 3.70. The average Bonchev–Trinajstić information content (AvgIpc) is 1.79. The molecule has 0 rings (SSSR count). The van der Waals surface area contributed by atoms with Crippen LogP contribution in [0.25, 0.3) is 0 Å². The minimum atomic E-state index is -4.02. The van der Waals surface area contributed by atoms with Crippen molar-refractivity contribution >= 4 is 24.5 Å². The molecule has 0 spiro atoms. The zero-order chi connectivity index (χ0) is 9.07. The Hall–Kier alpha value is -0.400. The molecule has 0 bridgehead atoms. The Bertz CT molecular complexity index is 342. The first-order valence-electron chi connectivity index (χ1n) is 2.87. The van der Waals surface area contributed by atoms with Crippen molar-refractivity contribution in [3.8, 4) is 0 Å². The number of hydrogen-bond acceptors (Lipinski definition) is 4. The normalized spacial score (nSPS) is 11.1. The van der Waals surface area contributed by atoms with Gasteiger partial charge in [-0.05, 0) is 6.42 Å². The molecule has 0 heterocycles. The Morgan fingerprint density at radius 2 is 1.91 bits per heavy atom. The first kappa shape index (κ1) is 10.6. The molecule has 0 radical (unpaired) electrons. The molecule has 0 aliphatic carbocycles. The fourth-order valence-corrected chi connectivity index (χ4v) is 2.14. The topological polar surface area (TPSA) is 94.3 Å². The SMILES string of the molecule is CCCC(=S(=O)=O)S(N)(=O)=O. The van der Waals surface area contributed by atoms with Crippen LogP contribution in [-0.4, -0.2) is 21.0 Å². The third kappa shape index (κ3) is 3.49. The lowest BCUT2D eigenvalue weighted by atomic mass is 10.4. The van der Waals surface area contributed by atoms with Crippen LogP contribution in [0.3, 0.4) is 0 Å². The van der Waals surface area contributed by atoms with Gasteiger partial charge in [0.2, 0.25) is 20.3 Å². The smallest absolute Gasteiger partial charge is 0.224 e. The molecule has 0 amide bonds. The van der Waals surface area contributed by atoms with Gasteiger partial charge in [0.15, 0.2) is 4.20 Å². The molecule has 0 unspecified atom stereocenters. The van der Waals surface area contributed by atoms with E-state index in [1.807, 2.05) is 0 Å². The van der Waals surface area contributed by atoms with Crippen LogP contribution < -0.4 is 5.14 Å². The molecule has 66 valence electrons. The van der Waals surface area contributed by atoms with E-state index in [2.05, 4.69) is 5.14 Å². The van der Waals surface area contributed by atoms with Crippen LogP contribution in [0.1, 0.15) is 19.8 Å². The van der Waals surface area contributed by atoms with Gasteiger partial charge in [-0.1, -0.05) is 13.3 Å². The summed E-state index contributed by atoms with van der Waals surface area (Å²) in [6.45, 7) is 1.66. The summed E-state index contributed by atoms with van der Waals surface area (Å²) in [5, 5.41) is 4.61. The van der Waals surface area contributed by atoms with E-state index in [0.717, 1.165) is 0 Å². The summed E-state index contributed by atoms with van der Waals surface area (Å²) in [6.07, 6.45) is 0.398. The molecule has 0 aliphatic rings. The van der Waals surface area contributed by atoms with Gasteiger partial charge in [0.1, 0.15) is 0 Å². The minimum Gasteiger partial charge on any atom is -0.224 e. The van der Waals surface area contributed by atoms with Crippen LogP contribution in [0, 0.1) is 0 Å². The largest absolute Gasteiger partial charge is 0.249 e. The molecule has 0 aromatic carbocycles. The summed E-state index contributed by atoms with van der Waals surface area (Å²) >= 11 is 0. The second-order valence-electron chi connectivity index (χ2n) is 1.90. The molecule has 11 heavy (non-hydrogen) atoms. The third-order valence-corrected chi connectivity index (χ3v) is 3.48. The third-order valence-electron chi connectivity index (χ3n) is 0.957. The summed E-state index contributed by atoms with van der Waals surface area (Å²) in [6, 6.07) is 0. The van der Waals surface area contributed by atoms with Crippen molar-refractivity contribution in [2.24, 2.45) is 5.14 Å². The number of hydrogen-bond donors (Lipinski definition) is 1. The molecular weight excluding hydrogens is 190 g/mol. The Balaban J connectivity index is 5.16. The maximum absolute atomic E-state index is 10.5. The molecule has 0 atom stereocenters. The Morgan fingerprint density at radius 3 is 2.00 bits per heavy atom. The summed E-state index contributed by atoms with van der Waals surface area (Å²) in [4.78, 5) is 0. The summed E-state index contributed by atoms with van der Waals surface area (Å²) in [7, 11) is -6.74. The highest BCUT2D eigenvalue weighted by molar-refractivity contribution is 8.14. The van der Waals surface area contributed by atoms with Gasteiger partial charge >= 0.3 is 0 Å². The highest BCUT2D eigenvalue weighted by Crippen LogP contribution is 1.94. The summed E-state index contributed by atoms with van der Waals surface area (Å²) in [5.74, 6) is 0. The van der Waals surface area contributed by atoms with Crippen molar-refractivity contribution in [2.75, 3.05) is 0 Å². The predicted molar refractivity (Wildman–Crippen MR) is 41.9 cm³/mol. The van der Waals surface area contributed by atoms with Crippen molar-refractivity contribution < 1.29 is 16.8 Å². The van der Waals surface area contributed by atoms with E-state index in [-0.39, 0.29) is 6.42 Å². The Labute approximate surface area is 66.8 Å². The van der Waals surface area contributed by atoms with E-state index in [4.69, 9.17) is 0 Å². The van der Waals surface area contributed by atoms with Crippen LogP contribution in [0.4, 0.5) is 0 Å². The molecule has 5 nitrogen and oxygen atoms in total. The van der Waals surface area contributed by atoms with E-state index >= 15 is 0 Å². The second-order valence-corrected chi connectivity index (χ2v) is 4.71. The minimum absolute atomic E-state index is 0.0328. The fraction of sp³-hybridized carbons (Fsp3) is 0.750. The molecule has 0 saturated carbocycles. The lowest BCUT2D eigenvalue weighted by Gasteiger charge is -1.94. The van der Waals surface area contributed by atoms with Gasteiger partial charge in [-0.3, -0.25) is 0 Å². The van der Waals surface area contributed by atoms with Crippen LogP contribution in [-0.2, 0) is 20.3 Å². The molecule has 0 aromatic rings. The molecule has 7 heteroatoms. The first-order chi connectivity index (χ1) is 4.89. The van der Waals surface area contributed by atoms with E-state index in [9.17, 15) is 16.8 Å². The monoisotopic (exact) mass is 199 g/mol. The van der Waals surface area contributed by atoms with Gasteiger partial charge in [-0.25, -0.2) is 13.6 Å². The average molecular weight is 199 g/mol. The number of nitrogens with two attached hydrogens (primary N) is 1. The zero-order valence-electron chi connectivity index (χ0n) is 5.94. The van der Waals surface area contributed by atoms with Crippen molar-refractivity contribution in [1.29, 1.82) is 0 Å². The van der Waals surface area contributed by atoms with Crippen LogP contribution in [0.15, 0.2) is 0 Å². The first-order valence-corrected chi connectivity index (χ1v) is 5.49. The van der Waals surface area contributed by atoms with Gasteiger partial charge in [0, 0.05) is 0 Å². The second kappa shape index (κ2) is 3.84. The van der Waals surface area contributed by atoms with Gasteiger partial charge < -0.3 is 0 Å². The molecule has 0 fully saturated rings. The van der Waals surface area contributed by atoms with Crippen LogP contribution in [0.2, 0.25) is 0 Å². The van der Waals surface area contributed by atoms with Crippen LogP contribution >= 0.6 is 0 Å². The van der Waals surface area contributed by atoms with Crippen molar-refractivity contribution in [3.05, 3.63) is 0 Å². The van der Waals surface area contributed by atoms with Crippen LogP contribution in [0.5, 0.6) is 0 Å². The van der Waals surface area contributed by atoms with Crippen molar-refractivity contribution in [1.82, 2.24) is 0 Å². The summed E-state index contributed by atoms with van der Waals surface area (Å²) in [5.41, 5.74) is 0. The quantitative estimate of drug-likeness (QED) is 0.582. The standard InChI is InChI=1S/C4H9NO4S2/c1-2-3-4(10(6)7)11(5,8)9/h2-3H2,1H3,(H2,5,8,9). The maximum atomic E-state index is 10.5. The fourth-order valence-electron chi connectivity index (χ4n) is 0.525. The zero-order valence-corrected chi connectivity index (χ0v) is 7.57. The number of sulfonamides is 1. The van der Waals surface area contributed by atoms with E-state index in [1.165, 1.54) is 0 Å². The summed E-state index contributed by atoms with van der Waals surface area (Å²) < 4.78 is 40.9. The van der Waals surface area contributed by atoms with Crippen molar-refractivity contribution in [2.45, 2.75) is 19.8 Å². The molecular formula is C4H9NO4S2. The molecule has 0 saturated heterocycles. The van der Waals surface area contributed by atoms with Gasteiger partial charge in [0.25, 0.3) is 0 Å². The number of rotatable bonds is 2. The number of primary sulfonamides is 1. The lowest BCUT2D eigenvalue weighted by Crippen LogP contribution is -2.23. The highest BCUT2D eigenvalue weighted by Gasteiger charge is 2.14. The van der Waals surface area contributed by atoms with Gasteiger partial charge in [-0.15, -0.1) is 0 Å². The Morgan fingerprint density at radius 1 is 1.45 bits per heavy atom. The predicted octanol–water partition coefficient (Wildman–Crippen LogP) is -0.916. The van der Waals surface area contributed by atoms with E-state index in [1.54, 1.807) is 6.92 Å². The van der Waals surface area contributed by atoms with E-state index < -0.39 is 24.5 Å². The highest BCUT2D eigenvalue weighted by atomic mass is 32.2.